The molecule has 0 atom stereocenters. The third kappa shape index (κ3) is 2.62. The molecule has 0 unspecified atom stereocenters. The molecule has 1 aromatic heterocycles. The van der Waals surface area contributed by atoms with Crippen LogP contribution in [0.5, 0.6) is 0 Å². The number of carbonyl (C=O) groups excluding carboxylic acids is 1. The molecule has 0 bridgehead atoms. The summed E-state index contributed by atoms with van der Waals surface area (Å²) in [6.07, 6.45) is 0. The first-order valence-corrected chi connectivity index (χ1v) is 6.34. The molecule has 2 aromatic rings. The number of hydrogen-bond acceptors (Lipinski definition) is 5. The second-order valence-electron chi connectivity index (χ2n) is 3.31. The van der Waals surface area contributed by atoms with Crippen molar-refractivity contribution in [2.75, 3.05) is 11.1 Å². The Kier molecular flexibility index (Phi) is 3.39. The maximum Gasteiger partial charge on any atom is 0.257 e. The van der Waals surface area contributed by atoms with Crippen LogP contribution in [0.3, 0.4) is 0 Å². The Balaban J connectivity index is 2.23. The smallest absolute Gasteiger partial charge is 0.257 e. The number of rotatable bonds is 2. The highest BCUT2D eigenvalue weighted by molar-refractivity contribution is 9.10. The summed E-state index contributed by atoms with van der Waals surface area (Å²) < 4.78 is 0.891. The second-order valence-corrected chi connectivity index (χ2v) is 5.18. The molecule has 0 aliphatic carbocycles. The molecule has 17 heavy (non-hydrogen) atoms. The lowest BCUT2D eigenvalue weighted by Crippen LogP contribution is -2.13. The van der Waals surface area contributed by atoms with E-state index in [0.717, 1.165) is 21.4 Å². The number of nitrogens with one attached hydrogen (secondary N) is 1. The van der Waals surface area contributed by atoms with Crippen molar-refractivity contribution in [3.63, 3.8) is 0 Å². The van der Waals surface area contributed by atoms with E-state index in [1.54, 1.807) is 12.1 Å². The Morgan fingerprint density at radius 1 is 1.47 bits per heavy atom. The van der Waals surface area contributed by atoms with Gasteiger partial charge in [-0.15, -0.1) is 10.2 Å². The van der Waals surface area contributed by atoms with Gasteiger partial charge in [0.2, 0.25) is 10.3 Å². The zero-order valence-corrected chi connectivity index (χ0v) is 11.3. The summed E-state index contributed by atoms with van der Waals surface area (Å²) in [6, 6.07) is 5.44. The molecule has 0 radical (unpaired) electrons. The van der Waals surface area contributed by atoms with Crippen LogP contribution in [0.1, 0.15) is 15.9 Å². The molecule has 88 valence electrons. The van der Waals surface area contributed by atoms with E-state index in [1.807, 2.05) is 13.0 Å². The normalized spacial score (nSPS) is 10.2. The van der Waals surface area contributed by atoms with Crippen LogP contribution in [0.25, 0.3) is 0 Å². The largest absolute Gasteiger partial charge is 0.374 e. The molecule has 1 heterocycles. The van der Waals surface area contributed by atoms with E-state index in [4.69, 9.17) is 5.73 Å². The number of carbonyl (C=O) groups is 1. The molecule has 0 saturated heterocycles. The van der Waals surface area contributed by atoms with Crippen LogP contribution in [0.2, 0.25) is 0 Å². The number of nitrogen functional groups attached to an aromatic ring is 1. The molecule has 0 aliphatic rings. The van der Waals surface area contributed by atoms with Gasteiger partial charge in [-0.05, 0) is 24.6 Å². The van der Waals surface area contributed by atoms with E-state index in [2.05, 4.69) is 31.4 Å². The number of nitrogens with zero attached hydrogens (tertiary/aromatic N) is 2. The predicted molar refractivity (Wildman–Crippen MR) is 71.2 cm³/mol. The number of halogens is 1. The van der Waals surface area contributed by atoms with Crippen molar-refractivity contribution in [1.29, 1.82) is 0 Å². The number of nitrogens with two attached hydrogens (primary N) is 1. The fourth-order valence-electron chi connectivity index (χ4n) is 1.30. The van der Waals surface area contributed by atoms with Crippen LogP contribution < -0.4 is 11.1 Å². The highest BCUT2D eigenvalue weighted by atomic mass is 79.9. The summed E-state index contributed by atoms with van der Waals surface area (Å²) in [5.74, 6) is -0.222. The van der Waals surface area contributed by atoms with Gasteiger partial charge in [0.25, 0.3) is 5.91 Å². The van der Waals surface area contributed by atoms with Crippen LogP contribution in [0.4, 0.5) is 10.3 Å². The van der Waals surface area contributed by atoms with Gasteiger partial charge in [-0.25, -0.2) is 0 Å². The molecule has 0 fully saturated rings. The topological polar surface area (TPSA) is 80.9 Å². The minimum atomic E-state index is -0.222. The summed E-state index contributed by atoms with van der Waals surface area (Å²) in [5.41, 5.74) is 6.90. The first kappa shape index (κ1) is 12.0. The van der Waals surface area contributed by atoms with Crippen molar-refractivity contribution in [1.82, 2.24) is 10.2 Å². The lowest BCUT2D eigenvalue weighted by molar-refractivity contribution is 0.102. The minimum Gasteiger partial charge on any atom is -0.374 e. The SMILES string of the molecule is Cc1c(Br)cccc1C(=O)Nc1nnc(N)s1. The van der Waals surface area contributed by atoms with Crippen LogP contribution in [-0.2, 0) is 0 Å². The van der Waals surface area contributed by atoms with E-state index in [1.165, 1.54) is 0 Å². The van der Waals surface area contributed by atoms with Crippen molar-refractivity contribution in [2.45, 2.75) is 6.92 Å². The third-order valence-electron chi connectivity index (χ3n) is 2.17. The second kappa shape index (κ2) is 4.80. The van der Waals surface area contributed by atoms with Gasteiger partial charge < -0.3 is 5.73 Å². The van der Waals surface area contributed by atoms with Crippen molar-refractivity contribution in [2.24, 2.45) is 0 Å². The summed E-state index contributed by atoms with van der Waals surface area (Å²) in [7, 11) is 0. The lowest BCUT2D eigenvalue weighted by Gasteiger charge is -2.06. The first-order valence-electron chi connectivity index (χ1n) is 4.73. The Morgan fingerprint density at radius 3 is 2.88 bits per heavy atom. The van der Waals surface area contributed by atoms with E-state index < -0.39 is 0 Å². The molecule has 1 aromatic carbocycles. The van der Waals surface area contributed by atoms with Crippen molar-refractivity contribution in [3.05, 3.63) is 33.8 Å². The Hall–Kier alpha value is -1.47. The van der Waals surface area contributed by atoms with E-state index in [9.17, 15) is 4.79 Å². The van der Waals surface area contributed by atoms with Gasteiger partial charge in [-0.2, -0.15) is 0 Å². The number of amides is 1. The molecule has 0 aliphatic heterocycles. The number of anilines is 2. The van der Waals surface area contributed by atoms with Crippen molar-refractivity contribution >= 4 is 43.4 Å². The van der Waals surface area contributed by atoms with Gasteiger partial charge in [-0.1, -0.05) is 33.3 Å². The quantitative estimate of drug-likeness (QED) is 0.892. The van der Waals surface area contributed by atoms with Gasteiger partial charge in [0.1, 0.15) is 0 Å². The minimum absolute atomic E-state index is 0.222. The molecule has 3 N–H and O–H groups in total. The predicted octanol–water partition coefficient (Wildman–Crippen LogP) is 2.44. The van der Waals surface area contributed by atoms with E-state index in [0.29, 0.717) is 15.8 Å². The molecule has 0 spiro atoms. The molecule has 0 saturated carbocycles. The maximum absolute atomic E-state index is 12.0. The summed E-state index contributed by atoms with van der Waals surface area (Å²) in [6.45, 7) is 1.87. The van der Waals surface area contributed by atoms with Gasteiger partial charge in [0.15, 0.2) is 0 Å². The highest BCUT2D eigenvalue weighted by Crippen LogP contribution is 2.22. The summed E-state index contributed by atoms with van der Waals surface area (Å²) in [5, 5.41) is 10.7. The van der Waals surface area contributed by atoms with Crippen molar-refractivity contribution in [3.8, 4) is 0 Å². The molecule has 2 rings (SSSR count). The first-order chi connectivity index (χ1) is 8.08. The van der Waals surface area contributed by atoms with Gasteiger partial charge >= 0.3 is 0 Å². The average Bonchev–Trinajstić information content (AvgIpc) is 2.68. The Bertz CT molecular complexity index is 569. The standard InChI is InChI=1S/C10H9BrN4OS/c1-5-6(3-2-4-7(5)11)8(16)13-10-15-14-9(12)17-10/h2-4H,1H3,(H2,12,14)(H,13,15,16). The molecular weight excluding hydrogens is 304 g/mol. The Morgan fingerprint density at radius 2 is 2.24 bits per heavy atom. The zero-order valence-electron chi connectivity index (χ0n) is 8.90. The number of benzene rings is 1. The van der Waals surface area contributed by atoms with Gasteiger partial charge in [-0.3, -0.25) is 10.1 Å². The summed E-state index contributed by atoms with van der Waals surface area (Å²) in [4.78, 5) is 12.0. The fraction of sp³-hybridized carbons (Fsp3) is 0.100. The monoisotopic (exact) mass is 312 g/mol. The number of aromatic nitrogens is 2. The van der Waals surface area contributed by atoms with E-state index >= 15 is 0 Å². The molecular formula is C10H9BrN4OS. The summed E-state index contributed by atoms with van der Waals surface area (Å²) >= 11 is 4.51. The van der Waals surface area contributed by atoms with Crippen LogP contribution in [0, 0.1) is 6.92 Å². The molecule has 7 heteroatoms. The fourth-order valence-corrected chi connectivity index (χ4v) is 2.17. The van der Waals surface area contributed by atoms with Crippen molar-refractivity contribution < 1.29 is 4.79 Å². The van der Waals surface area contributed by atoms with Crippen LogP contribution >= 0.6 is 27.3 Å². The van der Waals surface area contributed by atoms with Gasteiger partial charge in [0.05, 0.1) is 0 Å². The lowest BCUT2D eigenvalue weighted by atomic mass is 10.1. The van der Waals surface area contributed by atoms with Crippen LogP contribution in [0.15, 0.2) is 22.7 Å². The van der Waals surface area contributed by atoms with Gasteiger partial charge in [0, 0.05) is 10.0 Å². The molecule has 1 amide bonds. The highest BCUT2D eigenvalue weighted by Gasteiger charge is 2.12. The Labute approximate surface area is 110 Å². The van der Waals surface area contributed by atoms with E-state index in [-0.39, 0.29) is 5.91 Å². The molecule has 5 nitrogen and oxygen atoms in total. The zero-order chi connectivity index (χ0) is 12.4. The number of hydrogen-bond donors (Lipinski definition) is 2. The maximum atomic E-state index is 12.0. The third-order valence-corrected chi connectivity index (χ3v) is 3.70. The average molecular weight is 313 g/mol. The van der Waals surface area contributed by atoms with Crippen LogP contribution in [-0.4, -0.2) is 16.1 Å².